The van der Waals surface area contributed by atoms with E-state index < -0.39 is 32.6 Å². The van der Waals surface area contributed by atoms with E-state index in [2.05, 4.69) is 20.2 Å². The van der Waals surface area contributed by atoms with Gasteiger partial charge in [-0.1, -0.05) is 0 Å². The number of ether oxygens (including phenoxy) is 1. The molecule has 4 heterocycles. The Bertz CT molecular complexity index is 1590. The standard InChI is InChI=1S/C22H25F2N7O4S/c1-12-16(9-25-30(12)11-22(2,3)32)29-5-6-36(33,34)18(10-29)19-27-20-13-7-14(23)17(35-4)8-15(13)26-21(24)31(20)28-19/h7-9,18,32H,5-6,10-11H2,1-4H3/t18-/m0/s1. The summed E-state index contributed by atoms with van der Waals surface area (Å²) in [6, 6.07) is 2.35. The van der Waals surface area contributed by atoms with Gasteiger partial charge in [-0.2, -0.15) is 14.0 Å². The third-order valence-corrected chi connectivity index (χ3v) is 8.21. The van der Waals surface area contributed by atoms with E-state index in [1.54, 1.807) is 24.7 Å². The number of aromatic nitrogens is 6. The van der Waals surface area contributed by atoms with Crippen LogP contribution in [-0.2, 0) is 16.4 Å². The number of fused-ring (bicyclic) bond motifs is 3. The van der Waals surface area contributed by atoms with Crippen molar-refractivity contribution in [3.8, 4) is 5.75 Å². The molecule has 1 aliphatic heterocycles. The predicted molar refractivity (Wildman–Crippen MR) is 127 cm³/mol. The molecule has 0 unspecified atom stereocenters. The van der Waals surface area contributed by atoms with Crippen molar-refractivity contribution in [2.45, 2.75) is 38.2 Å². The Hall–Kier alpha value is -3.39. The number of aliphatic hydroxyl groups is 1. The number of methoxy groups -OCH3 is 1. The fraction of sp³-hybridized carbons (Fsp3) is 0.455. The van der Waals surface area contributed by atoms with E-state index in [1.807, 2.05) is 11.8 Å². The molecule has 0 radical (unpaired) electrons. The van der Waals surface area contributed by atoms with Gasteiger partial charge in [-0.05, 0) is 26.8 Å². The van der Waals surface area contributed by atoms with Crippen LogP contribution < -0.4 is 9.64 Å². The Morgan fingerprint density at radius 1 is 1.25 bits per heavy atom. The van der Waals surface area contributed by atoms with Crippen LogP contribution in [-0.4, -0.2) is 74.4 Å². The lowest BCUT2D eigenvalue weighted by atomic mass is 10.1. The molecule has 14 heteroatoms. The number of rotatable bonds is 5. The molecular formula is C22H25F2N7O4S. The normalized spacial score (nSPS) is 18.3. The van der Waals surface area contributed by atoms with Crippen LogP contribution in [0.15, 0.2) is 18.3 Å². The Balaban J connectivity index is 1.56. The van der Waals surface area contributed by atoms with Gasteiger partial charge in [0.15, 0.2) is 32.9 Å². The monoisotopic (exact) mass is 521 g/mol. The van der Waals surface area contributed by atoms with Crippen LogP contribution in [0.1, 0.15) is 30.6 Å². The third kappa shape index (κ3) is 4.13. The van der Waals surface area contributed by atoms with Gasteiger partial charge in [0, 0.05) is 24.5 Å². The first-order chi connectivity index (χ1) is 16.9. The number of anilines is 1. The average Bonchev–Trinajstić information content (AvgIpc) is 3.38. The summed E-state index contributed by atoms with van der Waals surface area (Å²) < 4.78 is 62.6. The van der Waals surface area contributed by atoms with Crippen LogP contribution in [0.4, 0.5) is 14.5 Å². The van der Waals surface area contributed by atoms with Gasteiger partial charge >= 0.3 is 6.08 Å². The molecule has 1 atom stereocenters. The first kappa shape index (κ1) is 24.3. The Labute approximate surface area is 205 Å². The van der Waals surface area contributed by atoms with E-state index in [-0.39, 0.29) is 53.5 Å². The topological polar surface area (TPSA) is 128 Å². The van der Waals surface area contributed by atoms with Gasteiger partial charge in [0.05, 0.1) is 48.1 Å². The quantitative estimate of drug-likeness (QED) is 0.391. The zero-order chi connectivity index (χ0) is 26.0. The molecule has 0 bridgehead atoms. The summed E-state index contributed by atoms with van der Waals surface area (Å²) in [5.74, 6) is -1.08. The van der Waals surface area contributed by atoms with Crippen molar-refractivity contribution in [3.63, 3.8) is 0 Å². The lowest BCUT2D eigenvalue weighted by Gasteiger charge is -2.32. The largest absolute Gasteiger partial charge is 0.494 e. The maximum Gasteiger partial charge on any atom is 0.312 e. The predicted octanol–water partition coefficient (Wildman–Crippen LogP) is 1.82. The first-order valence-electron chi connectivity index (χ1n) is 11.2. The van der Waals surface area contributed by atoms with Gasteiger partial charge in [-0.15, -0.1) is 5.10 Å². The molecule has 1 saturated heterocycles. The van der Waals surface area contributed by atoms with Crippen molar-refractivity contribution in [1.29, 1.82) is 0 Å². The van der Waals surface area contributed by atoms with Gasteiger partial charge in [0.2, 0.25) is 0 Å². The fourth-order valence-corrected chi connectivity index (χ4v) is 5.99. The lowest BCUT2D eigenvalue weighted by molar-refractivity contribution is 0.0571. The van der Waals surface area contributed by atoms with Crippen molar-refractivity contribution in [2.75, 3.05) is 30.9 Å². The molecule has 1 aliphatic rings. The lowest BCUT2D eigenvalue weighted by Crippen LogP contribution is -2.43. The van der Waals surface area contributed by atoms with E-state index >= 15 is 0 Å². The first-order valence-corrected chi connectivity index (χ1v) is 12.9. The highest BCUT2D eigenvalue weighted by molar-refractivity contribution is 7.91. The third-order valence-electron chi connectivity index (χ3n) is 6.23. The second kappa shape index (κ2) is 8.34. The van der Waals surface area contributed by atoms with E-state index in [0.717, 1.165) is 22.0 Å². The highest BCUT2D eigenvalue weighted by Crippen LogP contribution is 2.33. The van der Waals surface area contributed by atoms with Crippen molar-refractivity contribution in [1.82, 2.24) is 29.4 Å². The maximum absolute atomic E-state index is 14.8. The van der Waals surface area contributed by atoms with Gasteiger partial charge in [-0.25, -0.2) is 22.8 Å². The summed E-state index contributed by atoms with van der Waals surface area (Å²) in [5, 5.41) is 17.6. The SMILES string of the molecule is COc1cc2nc(F)n3nc([C@@H]4CN(c5cnn(CC(C)(C)O)c5C)CCS4(=O)=O)nc3c2cc1F. The molecule has 1 N–H and O–H groups in total. The molecule has 1 fully saturated rings. The minimum atomic E-state index is -3.67. The summed E-state index contributed by atoms with van der Waals surface area (Å²) in [6.45, 7) is 5.70. The number of halogens is 2. The molecule has 5 rings (SSSR count). The van der Waals surface area contributed by atoms with E-state index in [1.165, 1.54) is 13.2 Å². The number of hydrogen-bond acceptors (Lipinski definition) is 9. The smallest absolute Gasteiger partial charge is 0.312 e. The molecule has 0 amide bonds. The number of sulfone groups is 1. The van der Waals surface area contributed by atoms with Crippen LogP contribution in [0.5, 0.6) is 5.75 Å². The van der Waals surface area contributed by atoms with Crippen LogP contribution >= 0.6 is 0 Å². The molecule has 192 valence electrons. The minimum absolute atomic E-state index is 0.0173. The summed E-state index contributed by atoms with van der Waals surface area (Å²) in [5.41, 5.74) is 0.557. The van der Waals surface area contributed by atoms with Crippen LogP contribution in [0.2, 0.25) is 0 Å². The Morgan fingerprint density at radius 2 is 2.00 bits per heavy atom. The molecule has 0 saturated carbocycles. The molecule has 36 heavy (non-hydrogen) atoms. The second-order valence-corrected chi connectivity index (χ2v) is 11.8. The Morgan fingerprint density at radius 3 is 2.69 bits per heavy atom. The molecule has 11 nitrogen and oxygen atoms in total. The summed E-state index contributed by atoms with van der Waals surface area (Å²) in [6.07, 6.45) is 0.610. The van der Waals surface area contributed by atoms with Crippen LogP contribution in [0.3, 0.4) is 0 Å². The van der Waals surface area contributed by atoms with Crippen LogP contribution in [0.25, 0.3) is 16.6 Å². The van der Waals surface area contributed by atoms with Crippen LogP contribution in [0, 0.1) is 18.8 Å². The average molecular weight is 522 g/mol. The minimum Gasteiger partial charge on any atom is -0.494 e. The summed E-state index contributed by atoms with van der Waals surface area (Å²) in [7, 11) is -2.39. The van der Waals surface area contributed by atoms with E-state index in [9.17, 15) is 22.3 Å². The molecular weight excluding hydrogens is 496 g/mol. The molecule has 4 aromatic rings. The van der Waals surface area contributed by atoms with Gasteiger partial charge in [0.25, 0.3) is 0 Å². The molecule has 0 aliphatic carbocycles. The summed E-state index contributed by atoms with van der Waals surface area (Å²) >= 11 is 0. The molecule has 3 aromatic heterocycles. The number of nitrogens with zero attached hydrogens (tertiary/aromatic N) is 7. The van der Waals surface area contributed by atoms with E-state index in [0.29, 0.717) is 0 Å². The fourth-order valence-electron chi connectivity index (χ4n) is 4.40. The van der Waals surface area contributed by atoms with Crippen molar-refractivity contribution in [2.24, 2.45) is 0 Å². The highest BCUT2D eigenvalue weighted by atomic mass is 32.2. The summed E-state index contributed by atoms with van der Waals surface area (Å²) in [4.78, 5) is 10.00. The second-order valence-electron chi connectivity index (χ2n) is 9.48. The van der Waals surface area contributed by atoms with Gasteiger partial charge < -0.3 is 14.7 Å². The molecule has 1 aromatic carbocycles. The van der Waals surface area contributed by atoms with Crippen molar-refractivity contribution >= 4 is 32.1 Å². The number of benzene rings is 1. The van der Waals surface area contributed by atoms with Gasteiger partial charge in [-0.3, -0.25) is 4.68 Å². The molecule has 0 spiro atoms. The number of hydrogen-bond donors (Lipinski definition) is 1. The van der Waals surface area contributed by atoms with E-state index in [4.69, 9.17) is 4.74 Å². The maximum atomic E-state index is 14.8. The van der Waals surface area contributed by atoms with Gasteiger partial charge in [0.1, 0.15) is 5.25 Å². The van der Waals surface area contributed by atoms with Crippen molar-refractivity contribution < 1.29 is 27.0 Å². The zero-order valence-electron chi connectivity index (χ0n) is 20.1. The highest BCUT2D eigenvalue weighted by Gasteiger charge is 2.38. The zero-order valence-corrected chi connectivity index (χ0v) is 20.9. The Kier molecular flexibility index (Phi) is 5.63. The van der Waals surface area contributed by atoms with Crippen molar-refractivity contribution in [3.05, 3.63) is 41.7 Å².